The predicted octanol–water partition coefficient (Wildman–Crippen LogP) is 5.46. The first-order chi connectivity index (χ1) is 17.5. The zero-order chi connectivity index (χ0) is 26.9. The van der Waals surface area contributed by atoms with Crippen molar-refractivity contribution in [2.45, 2.75) is 52.0 Å². The van der Waals surface area contributed by atoms with Gasteiger partial charge in [0, 0.05) is 13.1 Å². The first-order valence-electron chi connectivity index (χ1n) is 12.0. The van der Waals surface area contributed by atoms with E-state index in [1.54, 1.807) is 37.3 Å². The van der Waals surface area contributed by atoms with Gasteiger partial charge < -0.3 is 15.0 Å². The minimum atomic E-state index is -4.43. The minimum Gasteiger partial charge on any atom is -0.465 e. The predicted molar refractivity (Wildman–Crippen MR) is 132 cm³/mol. The minimum absolute atomic E-state index is 0.00402. The summed E-state index contributed by atoms with van der Waals surface area (Å²) in [5.74, 6) is -0.165. The van der Waals surface area contributed by atoms with E-state index in [2.05, 4.69) is 10.4 Å². The summed E-state index contributed by atoms with van der Waals surface area (Å²) in [6.45, 7) is 6.36. The number of methoxy groups -OCH3 is 1. The van der Waals surface area contributed by atoms with Crippen LogP contribution in [0.15, 0.2) is 48.5 Å². The van der Waals surface area contributed by atoms with E-state index in [4.69, 9.17) is 4.74 Å². The number of halogens is 3. The van der Waals surface area contributed by atoms with Gasteiger partial charge in [-0.2, -0.15) is 18.3 Å². The van der Waals surface area contributed by atoms with Crippen LogP contribution in [0.2, 0.25) is 0 Å². The third kappa shape index (κ3) is 5.33. The molecule has 4 rings (SSSR count). The van der Waals surface area contributed by atoms with Gasteiger partial charge in [0.15, 0.2) is 0 Å². The standard InChI is InChI=1S/C27H29F3N4O3/c1-5-22-15-33(14-18-7-6-8-21(13-18)27(28,29)30)25-23(17(3)32-34(22)25)24(35)31-16(2)19-9-11-20(12-10-19)26(36)37-4/h6-13,16,22H,5,14-15H2,1-4H3,(H,31,35)/t16-,22+/m0/s1. The molecule has 0 bridgehead atoms. The summed E-state index contributed by atoms with van der Waals surface area (Å²) in [6, 6.07) is 11.7. The molecule has 2 aromatic carbocycles. The van der Waals surface area contributed by atoms with Gasteiger partial charge in [0.1, 0.15) is 11.4 Å². The first kappa shape index (κ1) is 26.2. The van der Waals surface area contributed by atoms with E-state index in [9.17, 15) is 22.8 Å². The molecular weight excluding hydrogens is 485 g/mol. The molecule has 1 amide bonds. The van der Waals surface area contributed by atoms with Gasteiger partial charge in [-0.05, 0) is 55.7 Å². The quantitative estimate of drug-likeness (QED) is 0.424. The van der Waals surface area contributed by atoms with E-state index in [0.29, 0.717) is 34.7 Å². The Hall–Kier alpha value is -3.82. The number of hydrogen-bond donors (Lipinski definition) is 1. The number of carbonyl (C=O) groups is 2. The number of carbonyl (C=O) groups excluding carboxylic acids is 2. The van der Waals surface area contributed by atoms with Gasteiger partial charge in [-0.1, -0.05) is 31.2 Å². The number of anilines is 1. The highest BCUT2D eigenvalue weighted by Crippen LogP contribution is 2.37. The summed E-state index contributed by atoms with van der Waals surface area (Å²) >= 11 is 0. The normalized spacial score (nSPS) is 15.9. The average molecular weight is 515 g/mol. The van der Waals surface area contributed by atoms with Crippen molar-refractivity contribution >= 4 is 17.7 Å². The molecule has 3 aromatic rings. The molecule has 0 fully saturated rings. The molecule has 1 aliphatic rings. The number of aromatic nitrogens is 2. The van der Waals surface area contributed by atoms with Gasteiger partial charge >= 0.3 is 12.1 Å². The van der Waals surface area contributed by atoms with Gasteiger partial charge in [-0.3, -0.25) is 4.79 Å². The maximum atomic E-state index is 13.5. The number of aryl methyl sites for hydroxylation is 1. The number of alkyl halides is 3. The van der Waals surface area contributed by atoms with Gasteiger partial charge in [-0.25, -0.2) is 9.48 Å². The molecule has 1 aromatic heterocycles. The van der Waals surface area contributed by atoms with Crippen LogP contribution in [-0.2, 0) is 17.5 Å². The zero-order valence-electron chi connectivity index (χ0n) is 21.1. The number of amides is 1. The fraction of sp³-hybridized carbons (Fsp3) is 0.370. The number of nitrogens with zero attached hydrogens (tertiary/aromatic N) is 3. The van der Waals surface area contributed by atoms with E-state index < -0.39 is 17.7 Å². The van der Waals surface area contributed by atoms with Crippen LogP contribution in [0, 0.1) is 6.92 Å². The molecular formula is C27H29F3N4O3. The Morgan fingerprint density at radius 3 is 2.51 bits per heavy atom. The summed E-state index contributed by atoms with van der Waals surface area (Å²) in [4.78, 5) is 27.1. The number of rotatable bonds is 7. The number of benzene rings is 2. The zero-order valence-corrected chi connectivity index (χ0v) is 21.1. The molecule has 0 radical (unpaired) electrons. The molecule has 0 aliphatic carbocycles. The lowest BCUT2D eigenvalue weighted by molar-refractivity contribution is -0.137. The molecule has 10 heteroatoms. The molecule has 0 unspecified atom stereocenters. The summed E-state index contributed by atoms with van der Waals surface area (Å²) in [5.41, 5.74) is 1.96. The van der Waals surface area contributed by atoms with Crippen LogP contribution >= 0.6 is 0 Å². The highest BCUT2D eigenvalue weighted by atomic mass is 19.4. The number of nitrogens with one attached hydrogen (secondary N) is 1. The Morgan fingerprint density at radius 1 is 1.19 bits per heavy atom. The molecule has 1 aliphatic heterocycles. The third-order valence-corrected chi connectivity index (χ3v) is 6.64. The van der Waals surface area contributed by atoms with Gasteiger partial charge in [0.05, 0.1) is 36.0 Å². The number of fused-ring (bicyclic) bond motifs is 1. The Bertz CT molecular complexity index is 1300. The topological polar surface area (TPSA) is 76.5 Å². The molecule has 0 saturated heterocycles. The summed E-state index contributed by atoms with van der Waals surface area (Å²) in [7, 11) is 1.31. The number of ether oxygens (including phenoxy) is 1. The van der Waals surface area contributed by atoms with Crippen LogP contribution in [0.4, 0.5) is 19.0 Å². The summed E-state index contributed by atoms with van der Waals surface area (Å²) in [5, 5.41) is 7.61. The van der Waals surface area contributed by atoms with E-state index in [-0.39, 0.29) is 24.5 Å². The molecule has 0 spiro atoms. The van der Waals surface area contributed by atoms with Crippen molar-refractivity contribution in [3.05, 3.63) is 82.0 Å². The fourth-order valence-corrected chi connectivity index (χ4v) is 4.66. The average Bonchev–Trinajstić information content (AvgIpc) is 3.38. The van der Waals surface area contributed by atoms with E-state index in [0.717, 1.165) is 24.1 Å². The van der Waals surface area contributed by atoms with Gasteiger partial charge in [0.25, 0.3) is 5.91 Å². The Morgan fingerprint density at radius 2 is 1.89 bits per heavy atom. The van der Waals surface area contributed by atoms with Crippen LogP contribution in [0.5, 0.6) is 0 Å². The summed E-state index contributed by atoms with van der Waals surface area (Å²) in [6.07, 6.45) is -3.67. The maximum absolute atomic E-state index is 13.5. The van der Waals surface area contributed by atoms with Crippen molar-refractivity contribution in [3.63, 3.8) is 0 Å². The highest BCUT2D eigenvalue weighted by molar-refractivity contribution is 6.00. The van der Waals surface area contributed by atoms with Crippen LogP contribution in [-0.4, -0.2) is 35.3 Å². The Labute approximate surface area is 213 Å². The van der Waals surface area contributed by atoms with Crippen molar-refractivity contribution in [2.24, 2.45) is 0 Å². The third-order valence-electron chi connectivity index (χ3n) is 6.64. The Kier molecular flexibility index (Phi) is 7.29. The van der Waals surface area contributed by atoms with Crippen molar-refractivity contribution in [1.29, 1.82) is 0 Å². The smallest absolute Gasteiger partial charge is 0.416 e. The maximum Gasteiger partial charge on any atom is 0.416 e. The lowest BCUT2D eigenvalue weighted by atomic mass is 10.1. The Balaban J connectivity index is 1.59. The van der Waals surface area contributed by atoms with Crippen LogP contribution in [0.1, 0.15) is 75.5 Å². The van der Waals surface area contributed by atoms with Crippen LogP contribution in [0.25, 0.3) is 0 Å². The van der Waals surface area contributed by atoms with Crippen molar-refractivity contribution in [1.82, 2.24) is 15.1 Å². The van der Waals surface area contributed by atoms with Crippen LogP contribution in [0.3, 0.4) is 0 Å². The van der Waals surface area contributed by atoms with Gasteiger partial charge in [0.2, 0.25) is 0 Å². The second kappa shape index (κ2) is 10.3. The first-order valence-corrected chi connectivity index (χ1v) is 12.0. The molecule has 1 N–H and O–H groups in total. The van der Waals surface area contributed by atoms with E-state index in [1.807, 2.05) is 23.4 Å². The molecule has 7 nitrogen and oxygen atoms in total. The second-order valence-corrected chi connectivity index (χ2v) is 9.18. The van der Waals surface area contributed by atoms with Crippen molar-refractivity contribution in [3.8, 4) is 0 Å². The second-order valence-electron chi connectivity index (χ2n) is 9.18. The lowest BCUT2D eigenvalue weighted by Crippen LogP contribution is -2.29. The van der Waals surface area contributed by atoms with Crippen molar-refractivity contribution in [2.75, 3.05) is 18.6 Å². The molecule has 2 heterocycles. The molecule has 2 atom stereocenters. The molecule has 196 valence electrons. The van der Waals surface area contributed by atoms with Crippen molar-refractivity contribution < 1.29 is 27.5 Å². The van der Waals surface area contributed by atoms with Gasteiger partial charge in [-0.15, -0.1) is 0 Å². The van der Waals surface area contributed by atoms with Crippen LogP contribution < -0.4 is 10.2 Å². The SMILES string of the molecule is CC[C@@H]1CN(Cc2cccc(C(F)(F)F)c2)c2c(C(=O)N[C@@H](C)c3ccc(C(=O)OC)cc3)c(C)nn21. The summed E-state index contributed by atoms with van der Waals surface area (Å²) < 4.78 is 46.3. The fourth-order valence-electron chi connectivity index (χ4n) is 4.66. The molecule has 0 saturated carbocycles. The van der Waals surface area contributed by atoms with E-state index >= 15 is 0 Å². The highest BCUT2D eigenvalue weighted by Gasteiger charge is 2.36. The monoisotopic (exact) mass is 514 g/mol. The lowest BCUT2D eigenvalue weighted by Gasteiger charge is -2.21. The van der Waals surface area contributed by atoms with E-state index in [1.165, 1.54) is 13.2 Å². The number of esters is 1. The number of hydrogen-bond acceptors (Lipinski definition) is 5. The molecule has 37 heavy (non-hydrogen) atoms. The largest absolute Gasteiger partial charge is 0.465 e.